The Kier molecular flexibility index (Phi) is 3.86. The molecule has 1 aliphatic heterocycles. The highest BCUT2D eigenvalue weighted by Crippen LogP contribution is 2.39. The summed E-state index contributed by atoms with van der Waals surface area (Å²) in [5, 5.41) is 0.0194. The van der Waals surface area contributed by atoms with Crippen LogP contribution in [0.5, 0.6) is 11.5 Å². The summed E-state index contributed by atoms with van der Waals surface area (Å²) in [5.41, 5.74) is 5.65. The fraction of sp³-hybridized carbons (Fsp3) is 0.333. The van der Waals surface area contributed by atoms with Gasteiger partial charge in [0.2, 0.25) is 0 Å². The predicted octanol–water partition coefficient (Wildman–Crippen LogP) is 2.61. The average Bonchev–Trinajstić information content (AvgIpc) is 2.55. The Hall–Kier alpha value is -1.26. The van der Waals surface area contributed by atoms with E-state index < -0.39 is 5.82 Å². The van der Waals surface area contributed by atoms with Crippen molar-refractivity contribution in [3.63, 3.8) is 0 Å². The van der Waals surface area contributed by atoms with E-state index in [1.165, 1.54) is 6.07 Å². The van der Waals surface area contributed by atoms with Crippen molar-refractivity contribution in [2.24, 2.45) is 5.73 Å². The molecule has 1 aromatic carbocycles. The minimum absolute atomic E-state index is 0.0194. The van der Waals surface area contributed by atoms with E-state index in [0.717, 1.165) is 6.42 Å². The van der Waals surface area contributed by atoms with E-state index >= 15 is 0 Å². The molecule has 3 nitrogen and oxygen atoms in total. The molecule has 0 bridgehead atoms. The largest absolute Gasteiger partial charge is 0.489 e. The molecule has 0 amide bonds. The SMILES string of the molecule is NC/C=C/c1c(F)c(Cl)cc2c1OCCCO2. The summed E-state index contributed by atoms with van der Waals surface area (Å²) in [6, 6.07) is 1.44. The molecular formula is C12H13ClFNO2. The zero-order chi connectivity index (χ0) is 12.3. The fourth-order valence-corrected chi connectivity index (χ4v) is 1.81. The first kappa shape index (κ1) is 12.2. The van der Waals surface area contributed by atoms with Crippen LogP contribution in [-0.2, 0) is 0 Å². The number of nitrogens with two attached hydrogens (primary N) is 1. The molecule has 0 radical (unpaired) electrons. The van der Waals surface area contributed by atoms with Crippen LogP contribution in [0, 0.1) is 5.82 Å². The fourth-order valence-electron chi connectivity index (χ4n) is 1.61. The number of hydrogen-bond acceptors (Lipinski definition) is 3. The minimum atomic E-state index is -0.513. The first-order valence-electron chi connectivity index (χ1n) is 5.38. The molecule has 2 N–H and O–H groups in total. The van der Waals surface area contributed by atoms with E-state index in [4.69, 9.17) is 26.8 Å². The van der Waals surface area contributed by atoms with Gasteiger partial charge in [-0.25, -0.2) is 4.39 Å². The van der Waals surface area contributed by atoms with Crippen LogP contribution in [0.4, 0.5) is 4.39 Å². The van der Waals surface area contributed by atoms with Crippen LogP contribution in [-0.4, -0.2) is 19.8 Å². The van der Waals surface area contributed by atoms with Gasteiger partial charge in [0.1, 0.15) is 0 Å². The summed E-state index contributed by atoms with van der Waals surface area (Å²) in [4.78, 5) is 0. The molecule has 0 saturated heterocycles. The van der Waals surface area contributed by atoms with E-state index in [-0.39, 0.29) is 5.02 Å². The van der Waals surface area contributed by atoms with Gasteiger partial charge in [-0.3, -0.25) is 0 Å². The lowest BCUT2D eigenvalue weighted by Gasteiger charge is -2.12. The van der Waals surface area contributed by atoms with Crippen molar-refractivity contribution in [1.82, 2.24) is 0 Å². The van der Waals surface area contributed by atoms with Gasteiger partial charge >= 0.3 is 0 Å². The monoisotopic (exact) mass is 257 g/mol. The van der Waals surface area contributed by atoms with Crippen LogP contribution in [0.2, 0.25) is 5.02 Å². The van der Waals surface area contributed by atoms with Crippen LogP contribution >= 0.6 is 11.6 Å². The lowest BCUT2D eigenvalue weighted by atomic mass is 10.1. The smallest absolute Gasteiger partial charge is 0.171 e. The molecule has 0 spiro atoms. The Balaban J connectivity index is 2.53. The van der Waals surface area contributed by atoms with Crippen LogP contribution in [0.1, 0.15) is 12.0 Å². The maximum atomic E-state index is 13.9. The van der Waals surface area contributed by atoms with Crippen molar-refractivity contribution >= 4 is 17.7 Å². The molecule has 92 valence electrons. The third-order valence-electron chi connectivity index (χ3n) is 2.39. The Bertz CT molecular complexity index is 449. The van der Waals surface area contributed by atoms with E-state index in [2.05, 4.69) is 0 Å². The second-order valence-corrected chi connectivity index (χ2v) is 4.01. The molecule has 0 aliphatic carbocycles. The van der Waals surface area contributed by atoms with Crippen molar-refractivity contribution in [2.45, 2.75) is 6.42 Å². The highest BCUT2D eigenvalue weighted by atomic mass is 35.5. The Morgan fingerprint density at radius 3 is 2.94 bits per heavy atom. The lowest BCUT2D eigenvalue weighted by molar-refractivity contribution is 0.296. The molecule has 1 heterocycles. The number of fused-ring (bicyclic) bond motifs is 1. The molecule has 2 rings (SSSR count). The Labute approximate surface area is 104 Å². The van der Waals surface area contributed by atoms with E-state index in [0.29, 0.717) is 36.8 Å². The van der Waals surface area contributed by atoms with Gasteiger partial charge in [0.15, 0.2) is 17.3 Å². The molecular weight excluding hydrogens is 245 g/mol. The van der Waals surface area contributed by atoms with Crippen LogP contribution in [0.15, 0.2) is 12.1 Å². The third kappa shape index (κ3) is 2.53. The maximum Gasteiger partial charge on any atom is 0.171 e. The summed E-state index contributed by atoms with van der Waals surface area (Å²) >= 11 is 5.81. The minimum Gasteiger partial charge on any atom is -0.489 e. The van der Waals surface area contributed by atoms with E-state index in [1.807, 2.05) is 0 Å². The molecule has 0 unspecified atom stereocenters. The first-order chi connectivity index (χ1) is 8.24. The average molecular weight is 258 g/mol. The van der Waals surface area contributed by atoms with Crippen LogP contribution in [0.3, 0.4) is 0 Å². The summed E-state index contributed by atoms with van der Waals surface area (Å²) < 4.78 is 24.8. The highest BCUT2D eigenvalue weighted by Gasteiger charge is 2.20. The van der Waals surface area contributed by atoms with Gasteiger partial charge in [-0.15, -0.1) is 0 Å². The third-order valence-corrected chi connectivity index (χ3v) is 2.66. The van der Waals surface area contributed by atoms with Crippen molar-refractivity contribution < 1.29 is 13.9 Å². The lowest BCUT2D eigenvalue weighted by Crippen LogP contribution is -1.99. The van der Waals surface area contributed by atoms with Gasteiger partial charge in [0.05, 0.1) is 23.8 Å². The topological polar surface area (TPSA) is 44.5 Å². The Morgan fingerprint density at radius 1 is 1.41 bits per heavy atom. The van der Waals surface area contributed by atoms with Crippen molar-refractivity contribution in [3.8, 4) is 11.5 Å². The van der Waals surface area contributed by atoms with E-state index in [9.17, 15) is 4.39 Å². The normalized spacial score (nSPS) is 15.0. The molecule has 0 saturated carbocycles. The molecule has 5 heteroatoms. The van der Waals surface area contributed by atoms with Gasteiger partial charge < -0.3 is 15.2 Å². The quantitative estimate of drug-likeness (QED) is 0.886. The first-order valence-corrected chi connectivity index (χ1v) is 5.76. The molecule has 17 heavy (non-hydrogen) atoms. The van der Waals surface area contributed by atoms with Crippen molar-refractivity contribution in [2.75, 3.05) is 19.8 Å². The van der Waals surface area contributed by atoms with Gasteiger partial charge in [0, 0.05) is 19.0 Å². The summed E-state index contributed by atoms with van der Waals surface area (Å²) in [5.74, 6) is 0.361. The molecule has 0 fully saturated rings. The number of rotatable bonds is 2. The van der Waals surface area contributed by atoms with Crippen LogP contribution < -0.4 is 15.2 Å². The number of benzene rings is 1. The number of ether oxygens (including phenoxy) is 2. The van der Waals surface area contributed by atoms with Gasteiger partial charge in [-0.1, -0.05) is 23.8 Å². The predicted molar refractivity (Wildman–Crippen MR) is 65.1 cm³/mol. The van der Waals surface area contributed by atoms with Crippen LogP contribution in [0.25, 0.3) is 6.08 Å². The molecule has 1 aromatic rings. The molecule has 0 atom stereocenters. The summed E-state index contributed by atoms with van der Waals surface area (Å²) in [7, 11) is 0. The molecule has 1 aliphatic rings. The maximum absolute atomic E-state index is 13.9. The van der Waals surface area contributed by atoms with Crippen molar-refractivity contribution in [3.05, 3.63) is 28.5 Å². The molecule has 0 aromatic heterocycles. The second-order valence-electron chi connectivity index (χ2n) is 3.60. The van der Waals surface area contributed by atoms with Crippen molar-refractivity contribution in [1.29, 1.82) is 0 Å². The number of hydrogen-bond donors (Lipinski definition) is 1. The number of halogens is 2. The van der Waals surface area contributed by atoms with Gasteiger partial charge in [-0.05, 0) is 0 Å². The summed E-state index contributed by atoms with van der Waals surface area (Å²) in [6.07, 6.45) is 3.96. The standard InChI is InChI=1S/C12H13ClFNO2/c13-9-7-10-12(17-6-2-5-16-10)8(11(9)14)3-1-4-15/h1,3,7H,2,4-6,15H2/b3-1+. The van der Waals surface area contributed by atoms with Gasteiger partial charge in [-0.2, -0.15) is 0 Å². The van der Waals surface area contributed by atoms with Gasteiger partial charge in [0.25, 0.3) is 0 Å². The second kappa shape index (κ2) is 5.38. The zero-order valence-electron chi connectivity index (χ0n) is 9.21. The highest BCUT2D eigenvalue weighted by molar-refractivity contribution is 6.31. The van der Waals surface area contributed by atoms with E-state index in [1.54, 1.807) is 12.2 Å². The zero-order valence-corrected chi connectivity index (χ0v) is 9.97. The summed E-state index contributed by atoms with van der Waals surface area (Å²) in [6.45, 7) is 1.36. The Morgan fingerprint density at radius 2 is 2.18 bits per heavy atom.